The van der Waals surface area contributed by atoms with Gasteiger partial charge in [-0.2, -0.15) is 5.10 Å². The van der Waals surface area contributed by atoms with Crippen LogP contribution in [0.4, 0.5) is 26.0 Å². The lowest BCUT2D eigenvalue weighted by Crippen LogP contribution is -2.17. The van der Waals surface area contributed by atoms with Gasteiger partial charge in [0.25, 0.3) is 6.43 Å². The molecule has 0 atom stereocenters. The summed E-state index contributed by atoms with van der Waals surface area (Å²) in [5.74, 6) is 1.65. The number of aryl methyl sites for hydroxylation is 1. The number of nitrogens with zero attached hydrogens (tertiary/aromatic N) is 6. The minimum absolute atomic E-state index is 0.450. The van der Waals surface area contributed by atoms with Gasteiger partial charge in [0.2, 0.25) is 0 Å². The minimum Gasteiger partial charge on any atom is -0.497 e. The van der Waals surface area contributed by atoms with E-state index in [0.29, 0.717) is 12.2 Å². The average molecular weight is 516 g/mol. The molecule has 0 bridgehead atoms. The first-order valence-corrected chi connectivity index (χ1v) is 12.0. The summed E-state index contributed by atoms with van der Waals surface area (Å²) in [6, 6.07) is 13.9. The van der Waals surface area contributed by atoms with Gasteiger partial charge in [-0.15, -0.1) is 0 Å². The highest BCUT2D eigenvalue weighted by Gasteiger charge is 2.11. The highest BCUT2D eigenvalue weighted by Crippen LogP contribution is 2.29. The Morgan fingerprint density at radius 2 is 1.79 bits per heavy atom. The Balaban J connectivity index is 1.34. The van der Waals surface area contributed by atoms with Gasteiger partial charge in [-0.1, -0.05) is 12.1 Å². The molecule has 1 N–H and O–H groups in total. The van der Waals surface area contributed by atoms with Gasteiger partial charge in [0.05, 0.1) is 36.4 Å². The number of aromatic nitrogens is 5. The summed E-state index contributed by atoms with van der Waals surface area (Å²) in [7, 11) is 3.65. The molecule has 5 aromatic rings. The Hall–Kier alpha value is -4.60. The molecule has 0 saturated heterocycles. The number of methoxy groups -OCH3 is 1. The maximum absolute atomic E-state index is 12.6. The van der Waals surface area contributed by atoms with Crippen LogP contribution in [0.15, 0.2) is 73.4 Å². The van der Waals surface area contributed by atoms with Gasteiger partial charge < -0.3 is 15.0 Å². The predicted octanol–water partition coefficient (Wildman–Crippen LogP) is 5.85. The second kappa shape index (κ2) is 10.8. The summed E-state index contributed by atoms with van der Waals surface area (Å²) < 4.78 is 31.7. The van der Waals surface area contributed by atoms with E-state index in [4.69, 9.17) is 9.72 Å². The highest BCUT2D eigenvalue weighted by atomic mass is 19.3. The number of hydrogen-bond acceptors (Lipinski definition) is 7. The van der Waals surface area contributed by atoms with Crippen molar-refractivity contribution in [3.8, 4) is 16.9 Å². The van der Waals surface area contributed by atoms with Crippen LogP contribution in [0.1, 0.15) is 11.3 Å². The third-order valence-corrected chi connectivity index (χ3v) is 6.17. The van der Waals surface area contributed by atoms with Gasteiger partial charge in [-0.05, 0) is 36.8 Å². The average Bonchev–Trinajstić information content (AvgIpc) is 3.35. The van der Waals surface area contributed by atoms with E-state index in [1.54, 1.807) is 13.3 Å². The van der Waals surface area contributed by atoms with Crippen molar-refractivity contribution in [1.82, 2.24) is 24.7 Å². The van der Waals surface area contributed by atoms with Crippen LogP contribution in [0.25, 0.3) is 22.0 Å². The van der Waals surface area contributed by atoms with E-state index in [-0.39, 0.29) is 0 Å². The molecule has 0 unspecified atom stereocenters. The molecule has 0 radical (unpaired) electrons. The van der Waals surface area contributed by atoms with Crippen molar-refractivity contribution in [1.29, 1.82) is 0 Å². The molecular formula is C28H27F2N7O. The molecule has 0 aliphatic heterocycles. The molecule has 0 aliphatic rings. The second-order valence-corrected chi connectivity index (χ2v) is 8.99. The fourth-order valence-electron chi connectivity index (χ4n) is 4.18. The zero-order chi connectivity index (χ0) is 26.6. The SMILES string of the molecule is COc1ccc(CN(C)c2cc3ncc(-c4cc(Nc5cnn(CC(F)F)c5)cnc4C)cc3cn2)cc1. The fourth-order valence-corrected chi connectivity index (χ4v) is 4.18. The van der Waals surface area contributed by atoms with Crippen molar-refractivity contribution >= 4 is 28.1 Å². The summed E-state index contributed by atoms with van der Waals surface area (Å²) in [4.78, 5) is 15.9. The van der Waals surface area contributed by atoms with Crippen molar-refractivity contribution in [2.24, 2.45) is 0 Å². The Morgan fingerprint density at radius 3 is 2.55 bits per heavy atom. The molecule has 8 nitrogen and oxygen atoms in total. The molecule has 4 heterocycles. The van der Waals surface area contributed by atoms with Crippen LogP contribution in [0.3, 0.4) is 0 Å². The third-order valence-electron chi connectivity index (χ3n) is 6.17. The van der Waals surface area contributed by atoms with E-state index < -0.39 is 13.0 Å². The maximum atomic E-state index is 12.6. The number of fused-ring (bicyclic) bond motifs is 1. The topological polar surface area (TPSA) is 81.0 Å². The molecule has 1 aromatic carbocycles. The summed E-state index contributed by atoms with van der Waals surface area (Å²) in [5, 5.41) is 8.06. The van der Waals surface area contributed by atoms with Crippen molar-refractivity contribution in [3.05, 3.63) is 84.7 Å². The number of halogens is 2. The number of pyridine rings is 3. The lowest BCUT2D eigenvalue weighted by molar-refractivity contribution is 0.122. The molecule has 10 heteroatoms. The maximum Gasteiger partial charge on any atom is 0.257 e. The van der Waals surface area contributed by atoms with Crippen molar-refractivity contribution in [3.63, 3.8) is 0 Å². The van der Waals surface area contributed by atoms with Crippen LogP contribution in [0.5, 0.6) is 5.75 Å². The highest BCUT2D eigenvalue weighted by molar-refractivity contribution is 5.85. The largest absolute Gasteiger partial charge is 0.497 e. The molecule has 0 fully saturated rings. The molecule has 38 heavy (non-hydrogen) atoms. The number of ether oxygens (including phenoxy) is 1. The first-order valence-electron chi connectivity index (χ1n) is 12.0. The van der Waals surface area contributed by atoms with Crippen LogP contribution >= 0.6 is 0 Å². The van der Waals surface area contributed by atoms with Gasteiger partial charge in [-0.3, -0.25) is 14.6 Å². The number of nitrogens with one attached hydrogen (secondary N) is 1. The lowest BCUT2D eigenvalue weighted by Gasteiger charge is -2.19. The van der Waals surface area contributed by atoms with E-state index in [2.05, 4.69) is 25.3 Å². The van der Waals surface area contributed by atoms with E-state index in [1.165, 1.54) is 17.1 Å². The summed E-state index contributed by atoms with van der Waals surface area (Å²) in [6.07, 6.45) is 5.93. The predicted molar refractivity (Wildman–Crippen MR) is 144 cm³/mol. The molecule has 4 aromatic heterocycles. The van der Waals surface area contributed by atoms with E-state index in [1.807, 2.05) is 68.8 Å². The van der Waals surface area contributed by atoms with Gasteiger partial charge in [0.1, 0.15) is 18.1 Å². The minimum atomic E-state index is -2.46. The second-order valence-electron chi connectivity index (χ2n) is 8.99. The first kappa shape index (κ1) is 25.1. The summed E-state index contributed by atoms with van der Waals surface area (Å²) in [5.41, 5.74) is 5.97. The van der Waals surface area contributed by atoms with Crippen LogP contribution in [-0.2, 0) is 13.1 Å². The molecule has 5 rings (SSSR count). The molecule has 0 aliphatic carbocycles. The first-order chi connectivity index (χ1) is 18.4. The lowest BCUT2D eigenvalue weighted by atomic mass is 10.0. The molecular weight excluding hydrogens is 488 g/mol. The Kier molecular flexibility index (Phi) is 7.12. The van der Waals surface area contributed by atoms with E-state index in [0.717, 1.165) is 50.5 Å². The number of hydrogen-bond donors (Lipinski definition) is 1. The molecule has 194 valence electrons. The monoisotopic (exact) mass is 515 g/mol. The Labute approximate surface area is 218 Å². The normalized spacial score (nSPS) is 11.2. The summed E-state index contributed by atoms with van der Waals surface area (Å²) in [6.45, 7) is 2.18. The van der Waals surface area contributed by atoms with Crippen molar-refractivity contribution in [2.45, 2.75) is 26.4 Å². The Morgan fingerprint density at radius 1 is 0.974 bits per heavy atom. The zero-order valence-electron chi connectivity index (χ0n) is 21.3. The zero-order valence-corrected chi connectivity index (χ0v) is 21.3. The number of rotatable bonds is 9. The Bertz CT molecular complexity index is 1550. The number of benzene rings is 1. The smallest absolute Gasteiger partial charge is 0.257 e. The molecule has 0 amide bonds. The fraction of sp³-hybridized carbons (Fsp3) is 0.214. The van der Waals surface area contributed by atoms with E-state index >= 15 is 0 Å². The van der Waals surface area contributed by atoms with Crippen molar-refractivity contribution in [2.75, 3.05) is 24.4 Å². The standard InChI is InChI=1S/C28H27F2N7O/c1-18-25(9-22(13-31-18)35-23-14-34-37(16-23)17-27(29)30)20-8-21-12-33-28(10-26(21)32-11-20)36(2)15-19-4-6-24(38-3)7-5-19/h4-14,16,27,35H,15,17H2,1-3H3. The van der Waals surface area contributed by atoms with Gasteiger partial charge >= 0.3 is 0 Å². The number of anilines is 3. The van der Waals surface area contributed by atoms with Gasteiger partial charge in [0.15, 0.2) is 0 Å². The van der Waals surface area contributed by atoms with Gasteiger partial charge in [0, 0.05) is 60.5 Å². The van der Waals surface area contributed by atoms with Crippen LogP contribution in [0, 0.1) is 6.92 Å². The molecule has 0 spiro atoms. The van der Waals surface area contributed by atoms with Crippen LogP contribution in [0.2, 0.25) is 0 Å². The van der Waals surface area contributed by atoms with E-state index in [9.17, 15) is 8.78 Å². The van der Waals surface area contributed by atoms with Crippen molar-refractivity contribution < 1.29 is 13.5 Å². The number of alkyl halides is 2. The molecule has 0 saturated carbocycles. The van der Waals surface area contributed by atoms with Crippen LogP contribution < -0.4 is 15.0 Å². The summed E-state index contributed by atoms with van der Waals surface area (Å²) >= 11 is 0. The van der Waals surface area contributed by atoms with Gasteiger partial charge in [-0.25, -0.2) is 13.8 Å². The quantitative estimate of drug-likeness (QED) is 0.264. The third kappa shape index (κ3) is 5.69. The van der Waals surface area contributed by atoms with Crippen LogP contribution in [-0.4, -0.2) is 45.3 Å².